The van der Waals surface area contributed by atoms with E-state index in [-0.39, 0.29) is 5.02 Å². The van der Waals surface area contributed by atoms with E-state index >= 15 is 0 Å². The molecule has 2 N–H and O–H groups in total. The van der Waals surface area contributed by atoms with E-state index in [1.807, 2.05) is 0 Å². The molecule has 1 amide bonds. The number of nitrogens with one attached hydrogen (secondary N) is 2. The molecule has 0 fully saturated rings. The van der Waals surface area contributed by atoms with Gasteiger partial charge in [-0.15, -0.1) is 0 Å². The van der Waals surface area contributed by atoms with Gasteiger partial charge in [-0.25, -0.2) is 4.39 Å². The number of hydrogen-bond donors (Lipinski definition) is 2. The maximum absolute atomic E-state index is 13.7. The normalized spacial score (nSPS) is 12.6. The Kier molecular flexibility index (Phi) is 6.05. The maximum Gasteiger partial charge on any atom is 0.439 e. The van der Waals surface area contributed by atoms with Gasteiger partial charge in [0.15, 0.2) is 0 Å². The average Bonchev–Trinajstić information content (AvgIpc) is 2.53. The van der Waals surface area contributed by atoms with Crippen LogP contribution in [0.4, 0.5) is 36.4 Å². The molecule has 0 aliphatic rings. The summed E-state index contributed by atoms with van der Waals surface area (Å²) in [4.78, 5) is 12.2. The Morgan fingerprint density at radius 1 is 0.893 bits per heavy atom. The minimum Gasteiger partial charge on any atom is -0.345 e. The molecule has 12 heteroatoms. The minimum absolute atomic E-state index is 0.00365. The van der Waals surface area contributed by atoms with Crippen LogP contribution in [0.5, 0.6) is 0 Å². The summed E-state index contributed by atoms with van der Waals surface area (Å²) in [6, 6.07) is 6.25. The van der Waals surface area contributed by atoms with Crippen molar-refractivity contribution in [3.05, 3.63) is 63.9 Å². The zero-order valence-corrected chi connectivity index (χ0v) is 14.9. The van der Waals surface area contributed by atoms with Gasteiger partial charge in [-0.1, -0.05) is 35.3 Å². The van der Waals surface area contributed by atoms with E-state index < -0.39 is 46.0 Å². The first-order valence-corrected chi connectivity index (χ1v) is 7.98. The largest absolute Gasteiger partial charge is 0.439 e. The van der Waals surface area contributed by atoms with Gasteiger partial charge < -0.3 is 10.6 Å². The molecular formula is C16H9Cl2F7N2O. The number of anilines is 1. The van der Waals surface area contributed by atoms with Crippen LogP contribution in [-0.2, 0) is 0 Å². The third kappa shape index (κ3) is 4.27. The molecule has 3 nitrogen and oxygen atoms in total. The van der Waals surface area contributed by atoms with Crippen LogP contribution in [-0.4, -0.2) is 23.9 Å². The summed E-state index contributed by atoms with van der Waals surface area (Å²) in [6.07, 6.45) is -12.2. The van der Waals surface area contributed by atoms with Crippen molar-refractivity contribution in [2.75, 3.05) is 5.32 Å². The molecule has 2 aromatic carbocycles. The fourth-order valence-electron chi connectivity index (χ4n) is 2.15. The molecular weight excluding hydrogens is 440 g/mol. The molecule has 0 radical (unpaired) electrons. The van der Waals surface area contributed by atoms with Gasteiger partial charge in [0.1, 0.15) is 5.82 Å². The molecule has 0 saturated heterocycles. The number of halogens is 9. The number of benzene rings is 2. The molecule has 0 bridgehead atoms. The van der Waals surface area contributed by atoms with E-state index in [0.717, 1.165) is 41.0 Å². The molecule has 28 heavy (non-hydrogen) atoms. The van der Waals surface area contributed by atoms with E-state index in [1.54, 1.807) is 0 Å². The Morgan fingerprint density at radius 2 is 1.46 bits per heavy atom. The second kappa shape index (κ2) is 7.67. The van der Waals surface area contributed by atoms with Crippen LogP contribution in [0, 0.1) is 5.82 Å². The van der Waals surface area contributed by atoms with Crippen molar-refractivity contribution < 1.29 is 35.5 Å². The number of carbonyl (C=O) groups is 1. The fourth-order valence-corrected chi connectivity index (χ4v) is 2.65. The highest BCUT2D eigenvalue weighted by Gasteiger charge is 2.72. The summed E-state index contributed by atoms with van der Waals surface area (Å²) < 4.78 is 95.1. The van der Waals surface area contributed by atoms with Crippen LogP contribution < -0.4 is 10.6 Å². The number of amides is 1. The molecule has 0 saturated carbocycles. The summed E-state index contributed by atoms with van der Waals surface area (Å²) in [6.45, 7) is 0. The highest BCUT2D eigenvalue weighted by molar-refractivity contribution is 6.36. The summed E-state index contributed by atoms with van der Waals surface area (Å²) in [5.41, 5.74) is -6.82. The topological polar surface area (TPSA) is 41.1 Å². The van der Waals surface area contributed by atoms with Crippen molar-refractivity contribution in [2.24, 2.45) is 0 Å². The standard InChI is InChI=1S/C16H9Cl2F7N2O/c17-8-5-6-9(10(18)7-8)13(28)27-14(15(20,21)22,16(23,24)25)26-12-4-2-1-3-11(12)19/h1-7,26H,(H,27,28). The lowest BCUT2D eigenvalue weighted by molar-refractivity contribution is -0.294. The van der Waals surface area contributed by atoms with Gasteiger partial charge in [0.05, 0.1) is 16.3 Å². The Morgan fingerprint density at radius 3 is 1.96 bits per heavy atom. The van der Waals surface area contributed by atoms with Crippen LogP contribution >= 0.6 is 23.2 Å². The van der Waals surface area contributed by atoms with Crippen molar-refractivity contribution in [1.82, 2.24) is 5.32 Å². The lowest BCUT2D eigenvalue weighted by Gasteiger charge is -2.39. The number of alkyl halides is 6. The number of carbonyl (C=O) groups excluding carboxylic acids is 1. The predicted octanol–water partition coefficient (Wildman–Crippen LogP) is 5.80. The fraction of sp³-hybridized carbons (Fsp3) is 0.188. The van der Waals surface area contributed by atoms with E-state index in [0.29, 0.717) is 12.1 Å². The van der Waals surface area contributed by atoms with E-state index in [9.17, 15) is 35.5 Å². The van der Waals surface area contributed by atoms with Gasteiger partial charge >= 0.3 is 18.0 Å². The molecule has 0 aliphatic heterocycles. The summed E-state index contributed by atoms with van der Waals surface area (Å²) in [5.74, 6) is -3.20. The Hall–Kier alpha value is -2.20. The Balaban J connectivity index is 2.57. The first kappa shape index (κ1) is 22.1. The number of rotatable bonds is 4. The quantitative estimate of drug-likeness (QED) is 0.458. The smallest absolute Gasteiger partial charge is 0.345 e. The van der Waals surface area contributed by atoms with Crippen LogP contribution in [0.3, 0.4) is 0 Å². The molecule has 0 heterocycles. The molecule has 0 aromatic heterocycles. The lowest BCUT2D eigenvalue weighted by atomic mass is 10.1. The predicted molar refractivity (Wildman–Crippen MR) is 88.8 cm³/mol. The summed E-state index contributed by atoms with van der Waals surface area (Å²) in [5, 5.41) is 1.44. The molecule has 2 aromatic rings. The second-order valence-corrected chi connectivity index (χ2v) is 6.27. The van der Waals surface area contributed by atoms with Crippen molar-refractivity contribution in [3.63, 3.8) is 0 Å². The monoisotopic (exact) mass is 448 g/mol. The number of hydrogen-bond acceptors (Lipinski definition) is 2. The molecule has 2 rings (SSSR count). The SMILES string of the molecule is O=C(NC(Nc1ccccc1F)(C(F)(F)F)C(F)(F)F)c1ccc(Cl)cc1Cl. The van der Waals surface area contributed by atoms with Gasteiger partial charge in [0.2, 0.25) is 0 Å². The third-order valence-corrected chi connectivity index (χ3v) is 4.07. The minimum atomic E-state index is -6.11. The van der Waals surface area contributed by atoms with E-state index in [2.05, 4.69) is 0 Å². The van der Waals surface area contributed by atoms with Crippen molar-refractivity contribution in [3.8, 4) is 0 Å². The molecule has 0 aliphatic carbocycles. The van der Waals surface area contributed by atoms with Crippen LogP contribution in [0.15, 0.2) is 42.5 Å². The van der Waals surface area contributed by atoms with Gasteiger partial charge in [-0.05, 0) is 30.3 Å². The van der Waals surface area contributed by atoms with Gasteiger partial charge in [-0.2, -0.15) is 26.3 Å². The van der Waals surface area contributed by atoms with Gasteiger partial charge in [-0.3, -0.25) is 4.79 Å². The summed E-state index contributed by atoms with van der Waals surface area (Å²) >= 11 is 11.3. The third-order valence-electron chi connectivity index (χ3n) is 3.52. The zero-order chi connectivity index (χ0) is 21.3. The van der Waals surface area contributed by atoms with Crippen molar-refractivity contribution in [2.45, 2.75) is 18.0 Å². The summed E-state index contributed by atoms with van der Waals surface area (Å²) in [7, 11) is 0. The lowest BCUT2D eigenvalue weighted by Crippen LogP contribution is -2.72. The molecule has 152 valence electrons. The van der Waals surface area contributed by atoms with Crippen molar-refractivity contribution >= 4 is 34.8 Å². The van der Waals surface area contributed by atoms with Crippen LogP contribution in [0.1, 0.15) is 10.4 Å². The highest BCUT2D eigenvalue weighted by Crippen LogP contribution is 2.44. The van der Waals surface area contributed by atoms with Crippen LogP contribution in [0.25, 0.3) is 0 Å². The zero-order valence-electron chi connectivity index (χ0n) is 13.4. The Labute approximate surface area is 163 Å². The second-order valence-electron chi connectivity index (χ2n) is 5.43. The first-order valence-electron chi connectivity index (χ1n) is 7.22. The maximum atomic E-state index is 13.7. The van der Waals surface area contributed by atoms with E-state index in [1.165, 1.54) is 0 Å². The molecule has 0 unspecified atom stereocenters. The van der Waals surface area contributed by atoms with Crippen molar-refractivity contribution in [1.29, 1.82) is 0 Å². The first-order chi connectivity index (χ1) is 12.8. The van der Waals surface area contributed by atoms with Gasteiger partial charge in [0, 0.05) is 5.02 Å². The van der Waals surface area contributed by atoms with Gasteiger partial charge in [0.25, 0.3) is 5.91 Å². The average molecular weight is 449 g/mol. The Bertz CT molecular complexity index is 870. The number of para-hydroxylation sites is 1. The molecule has 0 spiro atoms. The van der Waals surface area contributed by atoms with E-state index in [4.69, 9.17) is 23.2 Å². The highest BCUT2D eigenvalue weighted by atomic mass is 35.5. The van der Waals surface area contributed by atoms with Crippen LogP contribution in [0.2, 0.25) is 10.0 Å². The molecule has 0 atom stereocenters.